The number of esters is 1. The van der Waals surface area contributed by atoms with Crippen molar-refractivity contribution in [1.29, 1.82) is 0 Å². The summed E-state index contributed by atoms with van der Waals surface area (Å²) in [6.07, 6.45) is 3.29. The molecule has 8 heteroatoms. The lowest BCUT2D eigenvalue weighted by Crippen LogP contribution is -2.55. The summed E-state index contributed by atoms with van der Waals surface area (Å²) in [5, 5.41) is 5.12. The van der Waals surface area contributed by atoms with Gasteiger partial charge in [-0.05, 0) is 26.7 Å². The molecule has 0 saturated carbocycles. The van der Waals surface area contributed by atoms with Gasteiger partial charge in [0, 0.05) is 6.16 Å². The first-order valence-corrected chi connectivity index (χ1v) is 8.58. The van der Waals surface area contributed by atoms with Crippen molar-refractivity contribution < 1.29 is 23.9 Å². The molecule has 0 rings (SSSR count). The SMILES string of the molecule is C=PCC(NC(=O)C(NC(=O)OC(C)(C)C)C(C)C)C(=O)OC. The minimum absolute atomic E-state index is 0.182. The standard InChI is InChI=1S/C15H27N2O5P/c1-9(2)11(17-14(20)22-15(3,4)5)12(18)16-10(8-23-7)13(19)21-6/h9-11H,7-8H2,1-6H3,(H,16,18)(H,17,20). The Kier molecular flexibility index (Phi) is 8.83. The monoisotopic (exact) mass is 346 g/mol. The van der Waals surface area contributed by atoms with Crippen LogP contribution in [0.15, 0.2) is 0 Å². The zero-order chi connectivity index (χ0) is 18.2. The molecule has 0 aliphatic carbocycles. The summed E-state index contributed by atoms with van der Waals surface area (Å²) in [5.74, 6) is -1.20. The minimum Gasteiger partial charge on any atom is -0.467 e. The van der Waals surface area contributed by atoms with Crippen LogP contribution >= 0.6 is 8.20 Å². The van der Waals surface area contributed by atoms with Crippen LogP contribution in [0.5, 0.6) is 0 Å². The average molecular weight is 346 g/mol. The average Bonchev–Trinajstić information content (AvgIpc) is 2.41. The van der Waals surface area contributed by atoms with E-state index in [0.717, 1.165) is 0 Å². The molecule has 0 fully saturated rings. The molecule has 2 amide bonds. The molecular weight excluding hydrogens is 319 g/mol. The Morgan fingerprint density at radius 2 is 1.74 bits per heavy atom. The molecule has 0 aromatic heterocycles. The molecule has 0 heterocycles. The van der Waals surface area contributed by atoms with Crippen molar-refractivity contribution in [2.45, 2.75) is 52.3 Å². The number of ether oxygens (including phenoxy) is 2. The summed E-state index contributed by atoms with van der Waals surface area (Å²) in [4.78, 5) is 35.9. The summed E-state index contributed by atoms with van der Waals surface area (Å²) in [6, 6.07) is -1.62. The summed E-state index contributed by atoms with van der Waals surface area (Å²) in [5.41, 5.74) is -0.663. The molecule has 0 bridgehead atoms. The van der Waals surface area contributed by atoms with Crippen molar-refractivity contribution in [3.05, 3.63) is 0 Å². The number of amides is 2. The van der Waals surface area contributed by atoms with Crippen LogP contribution in [0.1, 0.15) is 34.6 Å². The molecule has 2 atom stereocenters. The van der Waals surface area contributed by atoms with Crippen LogP contribution in [0.4, 0.5) is 4.79 Å². The largest absolute Gasteiger partial charge is 0.467 e. The molecule has 0 aliphatic heterocycles. The molecular formula is C15H27N2O5P. The van der Waals surface area contributed by atoms with Crippen molar-refractivity contribution in [1.82, 2.24) is 10.6 Å². The first-order chi connectivity index (χ1) is 10.5. The fraction of sp³-hybridized carbons (Fsp3) is 0.733. The van der Waals surface area contributed by atoms with Gasteiger partial charge < -0.3 is 20.1 Å². The molecule has 0 saturated heterocycles. The van der Waals surface area contributed by atoms with E-state index < -0.39 is 35.7 Å². The number of carbonyl (C=O) groups excluding carboxylic acids is 3. The maximum atomic E-state index is 12.4. The third-order valence-corrected chi connectivity index (χ3v) is 3.36. The molecule has 0 radical (unpaired) electrons. The molecule has 0 spiro atoms. The van der Waals surface area contributed by atoms with E-state index in [9.17, 15) is 14.4 Å². The van der Waals surface area contributed by atoms with E-state index in [-0.39, 0.29) is 5.92 Å². The molecule has 23 heavy (non-hydrogen) atoms. The zero-order valence-corrected chi connectivity index (χ0v) is 15.5. The van der Waals surface area contributed by atoms with Gasteiger partial charge in [0.1, 0.15) is 17.7 Å². The van der Waals surface area contributed by atoms with Gasteiger partial charge in [0.05, 0.1) is 7.11 Å². The van der Waals surface area contributed by atoms with Crippen LogP contribution in [0.2, 0.25) is 0 Å². The van der Waals surface area contributed by atoms with Gasteiger partial charge in [-0.1, -0.05) is 20.1 Å². The molecule has 2 N–H and O–H groups in total. The fourth-order valence-electron chi connectivity index (χ4n) is 1.68. The zero-order valence-electron chi connectivity index (χ0n) is 14.6. The Bertz CT molecular complexity index is 446. The maximum absolute atomic E-state index is 12.4. The van der Waals surface area contributed by atoms with E-state index in [2.05, 4.69) is 21.7 Å². The molecule has 0 aromatic rings. The number of hydrogen-bond donors (Lipinski definition) is 2. The van der Waals surface area contributed by atoms with Crippen LogP contribution in [-0.2, 0) is 19.1 Å². The van der Waals surface area contributed by atoms with E-state index in [1.54, 1.807) is 34.6 Å². The highest BCUT2D eigenvalue weighted by atomic mass is 31.1. The normalized spacial score (nSPS) is 14.0. The Hall–Kier alpha value is -1.62. The van der Waals surface area contributed by atoms with Crippen LogP contribution in [0.25, 0.3) is 0 Å². The summed E-state index contributed by atoms with van der Waals surface area (Å²) in [7, 11) is 1.95. The number of hydrogen-bond acceptors (Lipinski definition) is 5. The van der Waals surface area contributed by atoms with Gasteiger partial charge >= 0.3 is 12.1 Å². The third kappa shape index (κ3) is 8.55. The van der Waals surface area contributed by atoms with Gasteiger partial charge in [0.15, 0.2) is 0 Å². The molecule has 0 aromatic carbocycles. The topological polar surface area (TPSA) is 93.7 Å². The van der Waals surface area contributed by atoms with Crippen molar-refractivity contribution in [2.75, 3.05) is 13.3 Å². The van der Waals surface area contributed by atoms with Crippen molar-refractivity contribution in [3.8, 4) is 0 Å². The van der Waals surface area contributed by atoms with Gasteiger partial charge in [0.25, 0.3) is 0 Å². The Labute approximate surface area is 139 Å². The van der Waals surface area contributed by atoms with Gasteiger partial charge in [-0.3, -0.25) is 4.79 Å². The number of carbonyl (C=O) groups is 3. The Morgan fingerprint density at radius 3 is 2.13 bits per heavy atom. The molecule has 7 nitrogen and oxygen atoms in total. The van der Waals surface area contributed by atoms with E-state index in [1.165, 1.54) is 7.11 Å². The Morgan fingerprint density at radius 1 is 1.17 bits per heavy atom. The van der Waals surface area contributed by atoms with Crippen LogP contribution in [-0.4, -0.2) is 55.2 Å². The van der Waals surface area contributed by atoms with Gasteiger partial charge in [0.2, 0.25) is 5.91 Å². The second-order valence-electron chi connectivity index (χ2n) is 6.36. The number of alkyl carbamates (subject to hydrolysis) is 1. The van der Waals surface area contributed by atoms with Crippen LogP contribution < -0.4 is 10.6 Å². The van der Waals surface area contributed by atoms with Crippen LogP contribution in [0, 0.1) is 5.92 Å². The fourth-order valence-corrected chi connectivity index (χ4v) is 2.18. The van der Waals surface area contributed by atoms with E-state index in [4.69, 9.17) is 4.74 Å². The van der Waals surface area contributed by atoms with Gasteiger partial charge in [-0.25, -0.2) is 9.59 Å². The lowest BCUT2D eigenvalue weighted by molar-refractivity contribution is -0.144. The maximum Gasteiger partial charge on any atom is 0.408 e. The molecule has 2 unspecified atom stereocenters. The second kappa shape index (κ2) is 9.50. The first-order valence-electron chi connectivity index (χ1n) is 7.32. The highest BCUT2D eigenvalue weighted by Gasteiger charge is 2.30. The summed E-state index contributed by atoms with van der Waals surface area (Å²) >= 11 is 0. The molecule has 0 aliphatic rings. The van der Waals surface area contributed by atoms with E-state index >= 15 is 0 Å². The van der Waals surface area contributed by atoms with Gasteiger partial charge in [-0.15, -0.1) is 8.20 Å². The van der Waals surface area contributed by atoms with Gasteiger partial charge in [-0.2, -0.15) is 0 Å². The van der Waals surface area contributed by atoms with E-state index in [0.29, 0.717) is 14.4 Å². The van der Waals surface area contributed by atoms with Crippen molar-refractivity contribution >= 4 is 32.5 Å². The lowest BCUT2D eigenvalue weighted by Gasteiger charge is -2.26. The van der Waals surface area contributed by atoms with Crippen LogP contribution in [0.3, 0.4) is 0 Å². The third-order valence-electron chi connectivity index (χ3n) is 2.74. The predicted octanol–water partition coefficient (Wildman–Crippen LogP) is 1.57. The number of rotatable bonds is 7. The summed E-state index contributed by atoms with van der Waals surface area (Å²) in [6.45, 7) is 8.77. The predicted molar refractivity (Wildman–Crippen MR) is 90.9 cm³/mol. The lowest BCUT2D eigenvalue weighted by atomic mass is 10.0. The molecule has 132 valence electrons. The minimum atomic E-state index is -0.821. The number of nitrogens with one attached hydrogen (secondary N) is 2. The highest BCUT2D eigenvalue weighted by molar-refractivity contribution is 7.36. The van der Waals surface area contributed by atoms with Crippen molar-refractivity contribution in [2.24, 2.45) is 5.92 Å². The smallest absolute Gasteiger partial charge is 0.408 e. The quantitative estimate of drug-likeness (QED) is 0.539. The number of methoxy groups -OCH3 is 1. The van der Waals surface area contributed by atoms with Crippen molar-refractivity contribution in [3.63, 3.8) is 0 Å². The Balaban J connectivity index is 4.94. The highest BCUT2D eigenvalue weighted by Crippen LogP contribution is 2.09. The second-order valence-corrected chi connectivity index (χ2v) is 7.17. The first kappa shape index (κ1) is 21.4. The van der Waals surface area contributed by atoms with E-state index in [1.807, 2.05) is 0 Å². The summed E-state index contributed by atoms with van der Waals surface area (Å²) < 4.78 is 9.81.